The second-order valence-electron chi connectivity index (χ2n) is 3.80. The fraction of sp³-hybridized carbons (Fsp3) is 0. The number of hydrogen-bond acceptors (Lipinski definition) is 4. The molecule has 0 aliphatic heterocycles. The summed E-state index contributed by atoms with van der Waals surface area (Å²) in [4.78, 5) is 21.8. The lowest BCUT2D eigenvalue weighted by atomic mass is 10.3. The van der Waals surface area contributed by atoms with Gasteiger partial charge in [0.05, 0.1) is 22.1 Å². The van der Waals surface area contributed by atoms with Crippen LogP contribution in [0.2, 0.25) is 10.0 Å². The number of fused-ring (bicyclic) bond motifs is 1. The van der Waals surface area contributed by atoms with Gasteiger partial charge in [-0.2, -0.15) is 4.98 Å². The zero-order chi connectivity index (χ0) is 13.6. The van der Waals surface area contributed by atoms with Crippen molar-refractivity contribution >= 4 is 34.2 Å². The van der Waals surface area contributed by atoms with E-state index in [1.54, 1.807) is 12.1 Å². The third-order valence-corrected chi connectivity index (χ3v) is 3.01. The first-order valence-corrected chi connectivity index (χ1v) is 5.93. The van der Waals surface area contributed by atoms with E-state index >= 15 is 0 Å². The van der Waals surface area contributed by atoms with Crippen LogP contribution in [0.25, 0.3) is 17.0 Å². The Morgan fingerprint density at radius 2 is 2.05 bits per heavy atom. The Morgan fingerprint density at radius 1 is 1.26 bits per heavy atom. The smallest absolute Gasteiger partial charge is 0.256 e. The van der Waals surface area contributed by atoms with Crippen molar-refractivity contribution in [1.82, 2.24) is 19.5 Å². The lowest BCUT2D eigenvalue weighted by Gasteiger charge is -2.04. The molecule has 0 aliphatic carbocycles. The number of aromatic hydroxyl groups is 1. The Hall–Kier alpha value is -2.05. The van der Waals surface area contributed by atoms with Crippen molar-refractivity contribution in [3.8, 4) is 11.8 Å². The molecule has 2 N–H and O–H groups in total. The van der Waals surface area contributed by atoms with Crippen LogP contribution in [-0.2, 0) is 0 Å². The van der Waals surface area contributed by atoms with Gasteiger partial charge in [-0.15, -0.1) is 0 Å². The fourth-order valence-corrected chi connectivity index (χ4v) is 2.35. The van der Waals surface area contributed by atoms with E-state index in [0.29, 0.717) is 21.1 Å². The van der Waals surface area contributed by atoms with Gasteiger partial charge in [-0.25, -0.2) is 4.98 Å². The van der Waals surface area contributed by atoms with Crippen molar-refractivity contribution < 1.29 is 5.11 Å². The molecule has 3 rings (SSSR count). The van der Waals surface area contributed by atoms with Crippen LogP contribution < -0.4 is 5.56 Å². The molecular weight excluding hydrogens is 291 g/mol. The van der Waals surface area contributed by atoms with Crippen LogP contribution in [0.15, 0.2) is 29.3 Å². The van der Waals surface area contributed by atoms with Crippen molar-refractivity contribution in [2.24, 2.45) is 0 Å². The minimum absolute atomic E-state index is 0.122. The topological polar surface area (TPSA) is 83.8 Å². The Balaban J connectivity index is 2.34. The number of nitrogens with zero attached hydrogens (tertiary/aromatic N) is 3. The molecule has 0 unspecified atom stereocenters. The summed E-state index contributed by atoms with van der Waals surface area (Å²) in [7, 11) is 0. The van der Waals surface area contributed by atoms with Crippen LogP contribution in [0.3, 0.4) is 0 Å². The zero-order valence-electron chi connectivity index (χ0n) is 9.26. The van der Waals surface area contributed by atoms with Crippen LogP contribution in [0.4, 0.5) is 0 Å². The summed E-state index contributed by atoms with van der Waals surface area (Å²) >= 11 is 12.0. The van der Waals surface area contributed by atoms with E-state index < -0.39 is 5.56 Å². The first-order chi connectivity index (χ1) is 9.04. The van der Waals surface area contributed by atoms with Gasteiger partial charge in [-0.1, -0.05) is 23.2 Å². The van der Waals surface area contributed by atoms with Gasteiger partial charge < -0.3 is 5.11 Å². The molecule has 0 radical (unpaired) electrons. The van der Waals surface area contributed by atoms with Gasteiger partial charge in [0.1, 0.15) is 6.33 Å². The van der Waals surface area contributed by atoms with Gasteiger partial charge in [-0.3, -0.25) is 14.3 Å². The van der Waals surface area contributed by atoms with Crippen molar-refractivity contribution in [3.63, 3.8) is 0 Å². The Bertz CT molecular complexity index is 840. The quantitative estimate of drug-likeness (QED) is 0.720. The van der Waals surface area contributed by atoms with Crippen molar-refractivity contribution in [3.05, 3.63) is 44.9 Å². The number of nitrogens with one attached hydrogen (secondary N) is 1. The van der Waals surface area contributed by atoms with E-state index in [4.69, 9.17) is 23.2 Å². The normalized spacial score (nSPS) is 11.1. The maximum Gasteiger partial charge on any atom is 0.256 e. The predicted molar refractivity (Wildman–Crippen MR) is 71.2 cm³/mol. The second-order valence-corrected chi connectivity index (χ2v) is 4.64. The SMILES string of the molecule is O=c1cc(O)nc(-n2cnc3cc(Cl)cc(Cl)c32)[nH]1. The van der Waals surface area contributed by atoms with E-state index in [1.807, 2.05) is 0 Å². The van der Waals surface area contributed by atoms with Crippen LogP contribution in [-0.4, -0.2) is 24.6 Å². The lowest BCUT2D eigenvalue weighted by molar-refractivity contribution is 0.450. The van der Waals surface area contributed by atoms with Crippen LogP contribution >= 0.6 is 23.2 Å². The molecular formula is C11H6Cl2N4O2. The molecule has 0 fully saturated rings. The number of halogens is 2. The number of imidazole rings is 1. The molecule has 19 heavy (non-hydrogen) atoms. The average Bonchev–Trinajstić information content (AvgIpc) is 2.71. The Kier molecular flexibility index (Phi) is 2.69. The van der Waals surface area contributed by atoms with Crippen molar-refractivity contribution in [2.75, 3.05) is 0 Å². The van der Waals surface area contributed by atoms with Crippen LogP contribution in [0.1, 0.15) is 0 Å². The fourth-order valence-electron chi connectivity index (χ4n) is 1.77. The monoisotopic (exact) mass is 296 g/mol. The molecule has 0 saturated carbocycles. The molecule has 0 saturated heterocycles. The first-order valence-electron chi connectivity index (χ1n) is 5.17. The summed E-state index contributed by atoms with van der Waals surface area (Å²) in [6, 6.07) is 4.17. The number of aromatic nitrogens is 4. The molecule has 0 atom stereocenters. The average molecular weight is 297 g/mol. The Labute approximate surface area is 116 Å². The number of hydrogen-bond donors (Lipinski definition) is 2. The molecule has 2 aromatic heterocycles. The number of rotatable bonds is 1. The summed E-state index contributed by atoms with van der Waals surface area (Å²) in [5.41, 5.74) is 0.623. The molecule has 3 aromatic rings. The van der Waals surface area contributed by atoms with Gasteiger partial charge in [0.25, 0.3) is 5.56 Å². The highest BCUT2D eigenvalue weighted by atomic mass is 35.5. The van der Waals surface area contributed by atoms with Gasteiger partial charge in [0.15, 0.2) is 0 Å². The summed E-state index contributed by atoms with van der Waals surface area (Å²) in [5, 5.41) is 10.2. The minimum Gasteiger partial charge on any atom is -0.493 e. The maximum atomic E-state index is 11.3. The first kappa shape index (κ1) is 12.0. The third kappa shape index (κ3) is 2.05. The number of H-pyrrole nitrogens is 1. The molecule has 1 aromatic carbocycles. The molecule has 0 bridgehead atoms. The molecule has 2 heterocycles. The molecule has 96 valence electrons. The van der Waals surface area contributed by atoms with E-state index in [-0.39, 0.29) is 11.8 Å². The van der Waals surface area contributed by atoms with E-state index in [0.717, 1.165) is 6.07 Å². The van der Waals surface area contributed by atoms with E-state index in [2.05, 4.69) is 15.0 Å². The summed E-state index contributed by atoms with van der Waals surface area (Å²) in [5.74, 6) is -0.262. The second kappa shape index (κ2) is 4.25. The van der Waals surface area contributed by atoms with Crippen LogP contribution in [0, 0.1) is 0 Å². The summed E-state index contributed by atoms with van der Waals surface area (Å²) < 4.78 is 1.47. The summed E-state index contributed by atoms with van der Waals surface area (Å²) in [6.45, 7) is 0. The van der Waals surface area contributed by atoms with Crippen LogP contribution in [0.5, 0.6) is 5.88 Å². The molecule has 8 heteroatoms. The molecule has 0 aliphatic rings. The largest absolute Gasteiger partial charge is 0.493 e. The van der Waals surface area contributed by atoms with E-state index in [9.17, 15) is 9.90 Å². The van der Waals surface area contributed by atoms with Crippen molar-refractivity contribution in [2.45, 2.75) is 0 Å². The van der Waals surface area contributed by atoms with Crippen molar-refractivity contribution in [1.29, 1.82) is 0 Å². The standard InChI is InChI=1S/C11H6Cl2N4O2/c12-5-1-6(13)10-7(2-5)14-4-17(10)11-15-8(18)3-9(19)16-11/h1-4H,(H2,15,16,18,19). The Morgan fingerprint density at radius 3 is 2.79 bits per heavy atom. The number of benzene rings is 1. The lowest BCUT2D eigenvalue weighted by Crippen LogP contribution is -2.11. The molecule has 6 nitrogen and oxygen atoms in total. The van der Waals surface area contributed by atoms with Gasteiger partial charge >= 0.3 is 0 Å². The van der Waals surface area contributed by atoms with E-state index in [1.165, 1.54) is 10.9 Å². The van der Waals surface area contributed by atoms with Gasteiger partial charge in [0, 0.05) is 5.02 Å². The zero-order valence-corrected chi connectivity index (χ0v) is 10.8. The maximum absolute atomic E-state index is 11.3. The third-order valence-electron chi connectivity index (χ3n) is 2.51. The number of aromatic amines is 1. The highest BCUT2D eigenvalue weighted by Crippen LogP contribution is 2.28. The minimum atomic E-state index is -0.477. The molecule has 0 amide bonds. The summed E-state index contributed by atoms with van der Waals surface area (Å²) in [6.07, 6.45) is 1.44. The highest BCUT2D eigenvalue weighted by Gasteiger charge is 2.12. The van der Waals surface area contributed by atoms with Gasteiger partial charge in [0.2, 0.25) is 11.8 Å². The highest BCUT2D eigenvalue weighted by molar-refractivity contribution is 6.38. The molecule has 0 spiro atoms. The predicted octanol–water partition coefficient (Wildman–Crippen LogP) is 2.12. The van der Waals surface area contributed by atoms with Gasteiger partial charge in [-0.05, 0) is 12.1 Å².